The van der Waals surface area contributed by atoms with Crippen LogP contribution in [-0.2, 0) is 14.3 Å². The van der Waals surface area contributed by atoms with Gasteiger partial charge >= 0.3 is 5.97 Å². The Labute approximate surface area is 148 Å². The Morgan fingerprint density at radius 2 is 1.68 bits per heavy atom. The lowest BCUT2D eigenvalue weighted by Gasteiger charge is -2.09. The molecule has 5 nitrogen and oxygen atoms in total. The highest BCUT2D eigenvalue weighted by Gasteiger charge is 2.09. The van der Waals surface area contributed by atoms with Gasteiger partial charge in [0.15, 0.2) is 6.61 Å². The topological polar surface area (TPSA) is 64.6 Å². The number of ether oxygens (including phenoxy) is 2. The van der Waals surface area contributed by atoms with E-state index in [2.05, 4.69) is 5.32 Å². The fourth-order valence-corrected chi connectivity index (χ4v) is 2.42. The summed E-state index contributed by atoms with van der Waals surface area (Å²) in [6.07, 6.45) is 0.0881. The zero-order chi connectivity index (χ0) is 18.2. The maximum Gasteiger partial charge on any atom is 0.309 e. The lowest BCUT2D eigenvalue weighted by Crippen LogP contribution is -2.21. The van der Waals surface area contributed by atoms with Crippen LogP contribution in [-0.4, -0.2) is 25.1 Å². The van der Waals surface area contributed by atoms with Crippen molar-refractivity contribution in [3.63, 3.8) is 0 Å². The molecule has 0 aliphatic heterocycles. The third-order valence-corrected chi connectivity index (χ3v) is 3.43. The fraction of sp³-hybridized carbons (Fsp3) is 0.300. The molecule has 0 radical (unpaired) electrons. The van der Waals surface area contributed by atoms with Crippen LogP contribution in [0.3, 0.4) is 0 Å². The van der Waals surface area contributed by atoms with Crippen molar-refractivity contribution in [1.29, 1.82) is 0 Å². The number of esters is 1. The van der Waals surface area contributed by atoms with Gasteiger partial charge in [-0.3, -0.25) is 9.59 Å². The van der Waals surface area contributed by atoms with Crippen LogP contribution in [0.5, 0.6) is 5.75 Å². The normalized spacial score (nSPS) is 10.2. The number of aryl methyl sites for hydroxylation is 3. The Hall–Kier alpha value is -2.82. The first kappa shape index (κ1) is 18.5. The third-order valence-electron chi connectivity index (χ3n) is 3.43. The first-order valence-electron chi connectivity index (χ1n) is 8.15. The Bertz CT molecular complexity index is 735. The maximum absolute atomic E-state index is 11.9. The van der Waals surface area contributed by atoms with Gasteiger partial charge < -0.3 is 14.8 Å². The molecule has 0 aromatic heterocycles. The van der Waals surface area contributed by atoms with E-state index in [-0.39, 0.29) is 25.5 Å². The van der Waals surface area contributed by atoms with Gasteiger partial charge in [0.05, 0.1) is 13.0 Å². The number of amides is 1. The van der Waals surface area contributed by atoms with Gasteiger partial charge in [-0.15, -0.1) is 0 Å². The molecule has 25 heavy (non-hydrogen) atoms. The fourth-order valence-electron chi connectivity index (χ4n) is 2.42. The first-order chi connectivity index (χ1) is 11.9. The van der Waals surface area contributed by atoms with Gasteiger partial charge in [0.25, 0.3) is 5.91 Å². The molecule has 0 bridgehead atoms. The van der Waals surface area contributed by atoms with Crippen LogP contribution < -0.4 is 10.1 Å². The number of nitrogens with one attached hydrogen (secondary N) is 1. The van der Waals surface area contributed by atoms with Crippen LogP contribution in [0.4, 0.5) is 5.69 Å². The van der Waals surface area contributed by atoms with Crippen molar-refractivity contribution in [1.82, 2.24) is 0 Å². The van der Waals surface area contributed by atoms with Gasteiger partial charge in [0.2, 0.25) is 0 Å². The molecular formula is C20H23NO4. The van der Waals surface area contributed by atoms with Crippen LogP contribution in [0, 0.1) is 20.8 Å². The first-order valence-corrected chi connectivity index (χ1v) is 8.15. The van der Waals surface area contributed by atoms with Gasteiger partial charge in [0, 0.05) is 5.69 Å². The number of hydrogen-bond acceptors (Lipinski definition) is 4. The highest BCUT2D eigenvalue weighted by Crippen LogP contribution is 2.14. The van der Waals surface area contributed by atoms with Crippen molar-refractivity contribution < 1.29 is 19.1 Å². The predicted octanol–water partition coefficient (Wildman–Crippen LogP) is 3.56. The Kier molecular flexibility index (Phi) is 6.57. The van der Waals surface area contributed by atoms with Crippen LogP contribution in [0.15, 0.2) is 42.5 Å². The van der Waals surface area contributed by atoms with Crippen molar-refractivity contribution in [2.24, 2.45) is 0 Å². The third kappa shape index (κ3) is 6.67. The van der Waals surface area contributed by atoms with Crippen LogP contribution in [0.1, 0.15) is 23.1 Å². The summed E-state index contributed by atoms with van der Waals surface area (Å²) in [5.74, 6) is -0.124. The smallest absolute Gasteiger partial charge is 0.309 e. The minimum atomic E-state index is -0.469. The second-order valence-corrected chi connectivity index (χ2v) is 6.00. The van der Waals surface area contributed by atoms with Crippen LogP contribution in [0.25, 0.3) is 0 Å². The lowest BCUT2D eigenvalue weighted by molar-refractivity contribution is -0.147. The van der Waals surface area contributed by atoms with E-state index in [1.807, 2.05) is 63.2 Å². The summed E-state index contributed by atoms with van der Waals surface area (Å²) in [5, 5.41) is 2.72. The highest BCUT2D eigenvalue weighted by atomic mass is 16.5. The molecular weight excluding hydrogens is 318 g/mol. The summed E-state index contributed by atoms with van der Waals surface area (Å²) < 4.78 is 10.5. The summed E-state index contributed by atoms with van der Waals surface area (Å²) in [6, 6.07) is 13.3. The maximum atomic E-state index is 11.9. The molecule has 0 fully saturated rings. The number of carbonyl (C=O) groups excluding carboxylic acids is 2. The predicted molar refractivity (Wildman–Crippen MR) is 96.8 cm³/mol. The summed E-state index contributed by atoms with van der Waals surface area (Å²) in [7, 11) is 0. The number of benzene rings is 2. The standard InChI is InChI=1S/C20H23NO4/c1-14-5-4-6-18(12-14)24-8-7-20(23)25-13-19(22)21-17-10-15(2)9-16(3)11-17/h4-6,9-12H,7-8,13H2,1-3H3,(H,21,22). The van der Waals surface area contributed by atoms with E-state index >= 15 is 0 Å². The Balaban J connectivity index is 1.69. The van der Waals surface area contributed by atoms with Crippen molar-refractivity contribution in [2.75, 3.05) is 18.5 Å². The molecule has 0 aliphatic rings. The number of hydrogen-bond donors (Lipinski definition) is 1. The van der Waals surface area contributed by atoms with Crippen molar-refractivity contribution in [3.8, 4) is 5.75 Å². The molecule has 2 aromatic carbocycles. The van der Waals surface area contributed by atoms with Gasteiger partial charge in [-0.1, -0.05) is 18.2 Å². The second kappa shape index (κ2) is 8.87. The molecule has 0 spiro atoms. The minimum Gasteiger partial charge on any atom is -0.493 e. The number of anilines is 1. The molecule has 2 rings (SSSR count). The summed E-state index contributed by atoms with van der Waals surface area (Å²) >= 11 is 0. The average Bonchev–Trinajstić information content (AvgIpc) is 2.52. The molecule has 1 amide bonds. The van der Waals surface area contributed by atoms with Crippen LogP contribution in [0.2, 0.25) is 0 Å². The summed E-state index contributed by atoms with van der Waals surface area (Å²) in [5.41, 5.74) is 3.89. The second-order valence-electron chi connectivity index (χ2n) is 6.00. The van der Waals surface area contributed by atoms with Gasteiger partial charge in [0.1, 0.15) is 5.75 Å². The van der Waals surface area contributed by atoms with E-state index < -0.39 is 5.97 Å². The molecule has 0 saturated heterocycles. The zero-order valence-electron chi connectivity index (χ0n) is 14.8. The van der Waals surface area contributed by atoms with E-state index in [0.717, 1.165) is 16.7 Å². The minimum absolute atomic E-state index is 0.0881. The van der Waals surface area contributed by atoms with Crippen molar-refractivity contribution >= 4 is 17.6 Å². The molecule has 0 unspecified atom stereocenters. The molecule has 1 N–H and O–H groups in total. The molecule has 132 valence electrons. The van der Waals surface area contributed by atoms with Crippen LogP contribution >= 0.6 is 0 Å². The van der Waals surface area contributed by atoms with Gasteiger partial charge in [-0.05, 0) is 61.7 Å². The Morgan fingerprint density at radius 3 is 2.36 bits per heavy atom. The monoisotopic (exact) mass is 341 g/mol. The summed E-state index contributed by atoms with van der Waals surface area (Å²) in [6.45, 7) is 5.78. The largest absolute Gasteiger partial charge is 0.493 e. The van der Waals surface area contributed by atoms with Gasteiger partial charge in [-0.25, -0.2) is 0 Å². The molecule has 2 aromatic rings. The Morgan fingerprint density at radius 1 is 0.960 bits per heavy atom. The van der Waals surface area contributed by atoms with Crippen molar-refractivity contribution in [2.45, 2.75) is 27.2 Å². The molecule has 0 heterocycles. The van der Waals surface area contributed by atoms with E-state index in [4.69, 9.17) is 9.47 Å². The van der Waals surface area contributed by atoms with Crippen molar-refractivity contribution in [3.05, 3.63) is 59.2 Å². The molecule has 5 heteroatoms. The van der Waals surface area contributed by atoms with E-state index in [1.54, 1.807) is 0 Å². The van der Waals surface area contributed by atoms with E-state index in [9.17, 15) is 9.59 Å². The number of rotatable bonds is 7. The lowest BCUT2D eigenvalue weighted by atomic mass is 10.1. The summed E-state index contributed by atoms with van der Waals surface area (Å²) in [4.78, 5) is 23.5. The SMILES string of the molecule is Cc1cc(C)cc(NC(=O)COC(=O)CCOc2cccc(C)c2)c1. The van der Waals surface area contributed by atoms with E-state index in [0.29, 0.717) is 11.4 Å². The number of carbonyl (C=O) groups is 2. The highest BCUT2D eigenvalue weighted by molar-refractivity contribution is 5.92. The quantitative estimate of drug-likeness (QED) is 0.782. The molecule has 0 atom stereocenters. The van der Waals surface area contributed by atoms with Gasteiger partial charge in [-0.2, -0.15) is 0 Å². The zero-order valence-corrected chi connectivity index (χ0v) is 14.8. The molecule has 0 saturated carbocycles. The molecule has 0 aliphatic carbocycles. The van der Waals surface area contributed by atoms with E-state index in [1.165, 1.54) is 0 Å². The average molecular weight is 341 g/mol.